The summed E-state index contributed by atoms with van der Waals surface area (Å²) in [5, 5.41) is 2.34. The number of ether oxygens (including phenoxy) is 1. The number of hydrogen-bond donors (Lipinski definition) is 1. The largest absolute Gasteiger partial charge is 0.488 e. The zero-order valence-corrected chi connectivity index (χ0v) is 25.2. The highest BCUT2D eigenvalue weighted by Gasteiger charge is 2.51. The molecule has 8 rings (SSSR count). The highest BCUT2D eigenvalue weighted by Crippen LogP contribution is 2.60. The van der Waals surface area contributed by atoms with Gasteiger partial charge in [0, 0.05) is 0 Å². The number of urea groups is 1. The Kier molecular flexibility index (Phi) is 6.81. The number of rotatable bonds is 6. The lowest BCUT2D eigenvalue weighted by Crippen LogP contribution is -2.54. The Labute approximate surface area is 254 Å². The van der Waals surface area contributed by atoms with Gasteiger partial charge in [-0.25, -0.2) is 9.69 Å². The smallest absolute Gasteiger partial charge is 0.335 e. The van der Waals surface area contributed by atoms with Crippen LogP contribution >= 0.6 is 15.9 Å². The Hall–Kier alpha value is -3.71. The van der Waals surface area contributed by atoms with Crippen LogP contribution in [0, 0.1) is 24.7 Å². The molecule has 1 N–H and O–H groups in total. The van der Waals surface area contributed by atoms with Crippen LogP contribution in [-0.2, 0) is 21.6 Å². The fraction of sp³-hybridized carbons (Fsp3) is 0.343. The van der Waals surface area contributed by atoms with Gasteiger partial charge in [-0.2, -0.15) is 0 Å². The van der Waals surface area contributed by atoms with E-state index in [9.17, 15) is 14.4 Å². The number of hydrogen-bond acceptors (Lipinski definition) is 4. The van der Waals surface area contributed by atoms with Crippen molar-refractivity contribution in [3.8, 4) is 5.75 Å². The molecule has 0 aromatic heterocycles. The van der Waals surface area contributed by atoms with Crippen LogP contribution in [0.1, 0.15) is 60.8 Å². The van der Waals surface area contributed by atoms with E-state index >= 15 is 0 Å². The van der Waals surface area contributed by atoms with Gasteiger partial charge in [-0.3, -0.25) is 14.9 Å². The average molecular weight is 626 g/mol. The maximum Gasteiger partial charge on any atom is 0.335 e. The van der Waals surface area contributed by atoms with Gasteiger partial charge >= 0.3 is 6.03 Å². The first kappa shape index (κ1) is 27.1. The first-order valence-corrected chi connectivity index (χ1v) is 15.6. The standard InChI is InChI=1S/C35H33BrN2O4/c1-21-2-4-22(5-3-21)20-42-31-11-6-23(16-30(31)36)15-29-32(39)37-34(41)38(33(29)40)28-9-7-27(8-10-28)35-17-24-12-25(18-35)14-26(13-24)19-35/h2-11,15-16,24-26H,12-14,17-20H2,1H3,(H,37,39,41)/b29-15+. The number of imide groups is 2. The van der Waals surface area contributed by atoms with E-state index in [1.54, 1.807) is 18.2 Å². The number of carbonyl (C=O) groups excluding carboxylic acids is 3. The molecule has 4 saturated carbocycles. The van der Waals surface area contributed by atoms with Gasteiger partial charge in [0.15, 0.2) is 0 Å². The lowest BCUT2D eigenvalue weighted by molar-refractivity contribution is -0.122. The monoisotopic (exact) mass is 624 g/mol. The molecule has 0 atom stereocenters. The summed E-state index contributed by atoms with van der Waals surface area (Å²) in [6.45, 7) is 2.46. The van der Waals surface area contributed by atoms with Crippen molar-refractivity contribution in [2.75, 3.05) is 4.90 Å². The van der Waals surface area contributed by atoms with Crippen LogP contribution in [0.15, 0.2) is 76.8 Å². The van der Waals surface area contributed by atoms with Crippen LogP contribution in [0.25, 0.3) is 6.08 Å². The van der Waals surface area contributed by atoms with Crippen molar-refractivity contribution in [2.24, 2.45) is 17.8 Å². The zero-order chi connectivity index (χ0) is 29.0. The van der Waals surface area contributed by atoms with E-state index in [2.05, 4.69) is 33.4 Å². The second-order valence-corrected chi connectivity index (χ2v) is 13.5. The highest BCUT2D eigenvalue weighted by molar-refractivity contribution is 9.10. The number of carbonyl (C=O) groups is 3. The third-order valence-electron chi connectivity index (χ3n) is 9.66. The van der Waals surface area contributed by atoms with Crippen LogP contribution in [0.5, 0.6) is 5.75 Å². The Morgan fingerprint density at radius 2 is 1.55 bits per heavy atom. The summed E-state index contributed by atoms with van der Waals surface area (Å²) in [5.41, 5.74) is 4.79. The Morgan fingerprint density at radius 1 is 0.905 bits per heavy atom. The molecule has 3 aromatic rings. The molecule has 0 unspecified atom stereocenters. The predicted octanol–water partition coefficient (Wildman–Crippen LogP) is 7.47. The minimum atomic E-state index is -0.731. The molecule has 1 aliphatic heterocycles. The van der Waals surface area contributed by atoms with Gasteiger partial charge in [-0.15, -0.1) is 0 Å². The maximum absolute atomic E-state index is 13.5. The highest BCUT2D eigenvalue weighted by atomic mass is 79.9. The number of aryl methyl sites for hydroxylation is 1. The number of nitrogens with zero attached hydrogens (tertiary/aromatic N) is 1. The van der Waals surface area contributed by atoms with Gasteiger partial charge in [0.2, 0.25) is 0 Å². The van der Waals surface area contributed by atoms with E-state index in [1.807, 2.05) is 43.3 Å². The molecule has 1 saturated heterocycles. The molecule has 0 spiro atoms. The average Bonchev–Trinajstić information content (AvgIpc) is 2.95. The first-order chi connectivity index (χ1) is 20.3. The molecule has 1 heterocycles. The van der Waals surface area contributed by atoms with Crippen LogP contribution in [-0.4, -0.2) is 17.8 Å². The number of benzene rings is 3. The molecule has 4 bridgehead atoms. The van der Waals surface area contributed by atoms with Crippen molar-refractivity contribution < 1.29 is 19.1 Å². The van der Waals surface area contributed by atoms with Gasteiger partial charge < -0.3 is 4.74 Å². The Bertz CT molecular complexity index is 1570. The topological polar surface area (TPSA) is 75.7 Å². The van der Waals surface area contributed by atoms with E-state index in [0.717, 1.165) is 28.2 Å². The van der Waals surface area contributed by atoms with E-state index in [0.29, 0.717) is 28.1 Å². The van der Waals surface area contributed by atoms with Crippen molar-refractivity contribution >= 4 is 45.5 Å². The van der Waals surface area contributed by atoms with Crippen LogP contribution < -0.4 is 15.0 Å². The van der Waals surface area contributed by atoms with Crippen molar-refractivity contribution in [3.05, 3.63) is 99.0 Å². The number of halogens is 1. The minimum Gasteiger partial charge on any atom is -0.488 e. The van der Waals surface area contributed by atoms with E-state index in [-0.39, 0.29) is 11.0 Å². The molecule has 3 aromatic carbocycles. The van der Waals surface area contributed by atoms with E-state index in [4.69, 9.17) is 4.74 Å². The second kappa shape index (κ2) is 10.5. The molecule has 4 aliphatic carbocycles. The van der Waals surface area contributed by atoms with Crippen molar-refractivity contribution in [1.29, 1.82) is 0 Å². The molecule has 5 fully saturated rings. The molecular weight excluding hydrogens is 592 g/mol. The zero-order valence-electron chi connectivity index (χ0n) is 23.6. The first-order valence-electron chi connectivity index (χ1n) is 14.8. The van der Waals surface area contributed by atoms with Gasteiger partial charge in [0.1, 0.15) is 17.9 Å². The van der Waals surface area contributed by atoms with E-state index in [1.165, 1.54) is 55.7 Å². The van der Waals surface area contributed by atoms with Crippen molar-refractivity contribution in [1.82, 2.24) is 5.32 Å². The van der Waals surface area contributed by atoms with Gasteiger partial charge in [0.25, 0.3) is 11.8 Å². The van der Waals surface area contributed by atoms with Gasteiger partial charge in [-0.05, 0) is 132 Å². The second-order valence-electron chi connectivity index (χ2n) is 12.7. The van der Waals surface area contributed by atoms with Crippen molar-refractivity contribution in [3.63, 3.8) is 0 Å². The van der Waals surface area contributed by atoms with Gasteiger partial charge in [0.05, 0.1) is 10.2 Å². The fourth-order valence-electron chi connectivity index (χ4n) is 8.06. The number of anilines is 1. The lowest BCUT2D eigenvalue weighted by atomic mass is 9.48. The lowest BCUT2D eigenvalue weighted by Gasteiger charge is -2.57. The third kappa shape index (κ3) is 4.98. The quantitative estimate of drug-likeness (QED) is 0.228. The molecule has 214 valence electrons. The summed E-state index contributed by atoms with van der Waals surface area (Å²) >= 11 is 3.55. The SMILES string of the molecule is Cc1ccc(COc2ccc(/C=C3\C(=O)NC(=O)N(c4ccc(C56CC7CC(CC(C7)C5)C6)cc4)C3=O)cc2Br)cc1. The van der Waals surface area contributed by atoms with Crippen LogP contribution in [0.2, 0.25) is 0 Å². The Balaban J connectivity index is 1.09. The number of barbiturate groups is 1. The van der Waals surface area contributed by atoms with Crippen LogP contribution in [0.4, 0.5) is 10.5 Å². The summed E-state index contributed by atoms with van der Waals surface area (Å²) in [7, 11) is 0. The van der Waals surface area contributed by atoms with Crippen molar-refractivity contribution in [2.45, 2.75) is 57.5 Å². The molecular formula is C35H33BrN2O4. The van der Waals surface area contributed by atoms with Crippen LogP contribution in [0.3, 0.4) is 0 Å². The summed E-state index contributed by atoms with van der Waals surface area (Å²) in [6, 6.07) is 20.7. The normalized spacial score (nSPS) is 27.5. The molecule has 0 radical (unpaired) electrons. The predicted molar refractivity (Wildman–Crippen MR) is 165 cm³/mol. The molecule has 4 amide bonds. The number of amides is 4. The Morgan fingerprint density at radius 3 is 2.17 bits per heavy atom. The molecule has 42 heavy (non-hydrogen) atoms. The summed E-state index contributed by atoms with van der Waals surface area (Å²) in [6.07, 6.45) is 9.38. The summed E-state index contributed by atoms with van der Waals surface area (Å²) in [4.78, 5) is 40.2. The van der Waals surface area contributed by atoms with Gasteiger partial charge in [-0.1, -0.05) is 48.0 Å². The van der Waals surface area contributed by atoms with E-state index < -0.39 is 17.8 Å². The maximum atomic E-state index is 13.5. The summed E-state index contributed by atoms with van der Waals surface area (Å²) in [5.74, 6) is 1.80. The summed E-state index contributed by atoms with van der Waals surface area (Å²) < 4.78 is 6.65. The molecule has 5 aliphatic rings. The molecule has 7 heteroatoms. The third-order valence-corrected chi connectivity index (χ3v) is 10.3. The molecule has 6 nitrogen and oxygen atoms in total. The minimum absolute atomic E-state index is 0.0972. The number of nitrogens with one attached hydrogen (secondary N) is 1. The fourth-order valence-corrected chi connectivity index (χ4v) is 8.57.